The first-order chi connectivity index (χ1) is 14.5. The molecule has 7 heteroatoms. The van der Waals surface area contributed by atoms with Crippen molar-refractivity contribution in [1.29, 1.82) is 0 Å². The number of methoxy groups -OCH3 is 1. The van der Waals surface area contributed by atoms with Gasteiger partial charge in [-0.3, -0.25) is 14.5 Å². The summed E-state index contributed by atoms with van der Waals surface area (Å²) in [6, 6.07) is 13.5. The quantitative estimate of drug-likeness (QED) is 0.746. The number of nitrogens with one attached hydrogen (secondary N) is 1. The molecule has 0 spiro atoms. The lowest BCUT2D eigenvalue weighted by Crippen LogP contribution is -2.35. The largest absolute Gasteiger partial charge is 0.495 e. The molecule has 1 saturated heterocycles. The highest BCUT2D eigenvalue weighted by molar-refractivity contribution is 8.15. The molecule has 1 aliphatic carbocycles. The van der Waals surface area contributed by atoms with Gasteiger partial charge in [0.15, 0.2) is 5.17 Å². The average Bonchev–Trinajstić information content (AvgIpc) is 3.51. The number of para-hydroxylation sites is 2. The number of benzene rings is 2. The van der Waals surface area contributed by atoms with E-state index >= 15 is 0 Å². The Balaban J connectivity index is 1.50. The number of amidine groups is 1. The summed E-state index contributed by atoms with van der Waals surface area (Å²) < 4.78 is 5.28. The Labute approximate surface area is 180 Å². The van der Waals surface area contributed by atoms with E-state index in [1.807, 2.05) is 30.3 Å². The van der Waals surface area contributed by atoms with Crippen LogP contribution in [0.3, 0.4) is 0 Å². The van der Waals surface area contributed by atoms with Gasteiger partial charge >= 0.3 is 0 Å². The molecule has 1 saturated carbocycles. The van der Waals surface area contributed by atoms with Crippen molar-refractivity contribution >= 4 is 40.1 Å². The molecule has 1 aliphatic heterocycles. The van der Waals surface area contributed by atoms with E-state index in [0.29, 0.717) is 16.6 Å². The predicted octanol–water partition coefficient (Wildman–Crippen LogP) is 4.43. The van der Waals surface area contributed by atoms with Crippen LogP contribution >= 0.6 is 11.8 Å². The molecule has 1 N–H and O–H groups in total. The average molecular weight is 424 g/mol. The summed E-state index contributed by atoms with van der Waals surface area (Å²) >= 11 is 1.38. The molecular formula is C23H25N3O3S. The van der Waals surface area contributed by atoms with Crippen LogP contribution < -0.4 is 10.1 Å². The second-order valence-corrected chi connectivity index (χ2v) is 8.83. The zero-order chi connectivity index (χ0) is 21.3. The van der Waals surface area contributed by atoms with E-state index < -0.39 is 5.25 Å². The summed E-state index contributed by atoms with van der Waals surface area (Å²) in [5.74, 6) is 0.349. The molecular weight excluding hydrogens is 398 g/mol. The maximum atomic E-state index is 13.0. The van der Waals surface area contributed by atoms with Crippen molar-refractivity contribution in [2.24, 2.45) is 4.99 Å². The summed E-state index contributed by atoms with van der Waals surface area (Å²) in [6.45, 7) is 4.11. The molecule has 1 atom stereocenters. The molecule has 0 bridgehead atoms. The Hall–Kier alpha value is -2.80. The van der Waals surface area contributed by atoms with E-state index in [4.69, 9.17) is 9.73 Å². The predicted molar refractivity (Wildman–Crippen MR) is 120 cm³/mol. The molecule has 2 aromatic carbocycles. The lowest BCUT2D eigenvalue weighted by atomic mass is 10.1. The smallest absolute Gasteiger partial charge is 0.242 e. The number of aliphatic imine (C=N–C) groups is 1. The summed E-state index contributed by atoms with van der Waals surface area (Å²) in [7, 11) is 1.56. The maximum absolute atomic E-state index is 13.0. The monoisotopic (exact) mass is 423 g/mol. The van der Waals surface area contributed by atoms with Crippen molar-refractivity contribution in [3.8, 4) is 5.75 Å². The molecule has 0 radical (unpaired) electrons. The Morgan fingerprint density at radius 3 is 2.67 bits per heavy atom. The van der Waals surface area contributed by atoms with E-state index in [0.717, 1.165) is 24.1 Å². The van der Waals surface area contributed by atoms with E-state index in [2.05, 4.69) is 19.2 Å². The van der Waals surface area contributed by atoms with E-state index in [-0.39, 0.29) is 24.3 Å². The summed E-state index contributed by atoms with van der Waals surface area (Å²) in [4.78, 5) is 32.2. The highest BCUT2D eigenvalue weighted by atomic mass is 32.2. The first kappa shape index (κ1) is 20.5. The number of aryl methyl sites for hydroxylation is 2. The van der Waals surface area contributed by atoms with Crippen molar-refractivity contribution in [2.45, 2.75) is 44.4 Å². The number of carbonyl (C=O) groups excluding carboxylic acids is 2. The minimum absolute atomic E-state index is 0.0275. The second kappa shape index (κ2) is 8.52. The van der Waals surface area contributed by atoms with Gasteiger partial charge in [-0.15, -0.1) is 0 Å². The SMILES string of the molecule is COc1ccccc1NC(=O)CC1SC(=Nc2ccc(C)c(C)c2)N(C2CC2)C1=O. The highest BCUT2D eigenvalue weighted by Crippen LogP contribution is 2.39. The van der Waals surface area contributed by atoms with Crippen LogP contribution in [-0.2, 0) is 9.59 Å². The van der Waals surface area contributed by atoms with Crippen LogP contribution in [0.5, 0.6) is 5.75 Å². The molecule has 156 valence electrons. The van der Waals surface area contributed by atoms with E-state index in [1.54, 1.807) is 24.1 Å². The minimum Gasteiger partial charge on any atom is -0.495 e. The molecule has 2 aromatic rings. The van der Waals surface area contributed by atoms with Gasteiger partial charge in [-0.05, 0) is 62.1 Å². The number of nitrogens with zero attached hydrogens (tertiary/aromatic N) is 2. The molecule has 0 aromatic heterocycles. The number of hydrogen-bond acceptors (Lipinski definition) is 5. The van der Waals surface area contributed by atoms with Crippen molar-refractivity contribution in [2.75, 3.05) is 12.4 Å². The van der Waals surface area contributed by atoms with Gasteiger partial charge in [0.05, 0.1) is 18.5 Å². The molecule has 2 fully saturated rings. The first-order valence-corrected chi connectivity index (χ1v) is 10.9. The van der Waals surface area contributed by atoms with E-state index in [9.17, 15) is 9.59 Å². The number of rotatable bonds is 6. The number of ether oxygens (including phenoxy) is 1. The van der Waals surface area contributed by atoms with Gasteiger partial charge in [0, 0.05) is 12.5 Å². The van der Waals surface area contributed by atoms with Gasteiger partial charge in [0.25, 0.3) is 0 Å². The van der Waals surface area contributed by atoms with Crippen molar-refractivity contribution < 1.29 is 14.3 Å². The van der Waals surface area contributed by atoms with Gasteiger partial charge in [-0.1, -0.05) is 30.0 Å². The van der Waals surface area contributed by atoms with Crippen LogP contribution in [0.1, 0.15) is 30.4 Å². The molecule has 4 rings (SSSR count). The fourth-order valence-corrected chi connectivity index (χ4v) is 4.60. The van der Waals surface area contributed by atoms with Crippen LogP contribution in [0.15, 0.2) is 47.5 Å². The van der Waals surface area contributed by atoms with Crippen LogP contribution in [0.25, 0.3) is 0 Å². The molecule has 2 aliphatic rings. The molecule has 1 heterocycles. The van der Waals surface area contributed by atoms with Crippen molar-refractivity contribution in [3.63, 3.8) is 0 Å². The van der Waals surface area contributed by atoms with Crippen LogP contribution in [0, 0.1) is 13.8 Å². The number of hydrogen-bond donors (Lipinski definition) is 1. The molecule has 2 amide bonds. The van der Waals surface area contributed by atoms with Gasteiger partial charge in [0.2, 0.25) is 11.8 Å². The molecule has 1 unspecified atom stereocenters. The summed E-state index contributed by atoms with van der Waals surface area (Å²) in [6.07, 6.45) is 2.06. The van der Waals surface area contributed by atoms with Gasteiger partial charge in [-0.25, -0.2) is 4.99 Å². The molecule has 30 heavy (non-hydrogen) atoms. The third-order valence-electron chi connectivity index (χ3n) is 5.35. The minimum atomic E-state index is -0.467. The first-order valence-electron chi connectivity index (χ1n) is 10.0. The van der Waals surface area contributed by atoms with Gasteiger partial charge in [-0.2, -0.15) is 0 Å². The van der Waals surface area contributed by atoms with Crippen LogP contribution in [-0.4, -0.2) is 40.3 Å². The normalized spacial score (nSPS) is 20.0. The van der Waals surface area contributed by atoms with Gasteiger partial charge < -0.3 is 10.1 Å². The summed E-state index contributed by atoms with van der Waals surface area (Å²) in [5, 5.41) is 3.09. The summed E-state index contributed by atoms with van der Waals surface area (Å²) in [5.41, 5.74) is 3.80. The van der Waals surface area contributed by atoms with Crippen molar-refractivity contribution in [1.82, 2.24) is 4.90 Å². The Morgan fingerprint density at radius 2 is 1.97 bits per heavy atom. The van der Waals surface area contributed by atoms with Crippen LogP contribution in [0.4, 0.5) is 11.4 Å². The van der Waals surface area contributed by atoms with Gasteiger partial charge in [0.1, 0.15) is 11.0 Å². The maximum Gasteiger partial charge on any atom is 0.242 e. The lowest BCUT2D eigenvalue weighted by molar-refractivity contribution is -0.128. The Morgan fingerprint density at radius 1 is 1.20 bits per heavy atom. The number of carbonyl (C=O) groups is 2. The zero-order valence-corrected chi connectivity index (χ0v) is 18.2. The third-order valence-corrected chi connectivity index (χ3v) is 6.50. The number of thioether (sulfide) groups is 1. The Bertz CT molecular complexity index is 1020. The second-order valence-electron chi connectivity index (χ2n) is 7.66. The third kappa shape index (κ3) is 4.36. The number of amides is 2. The standard InChI is InChI=1S/C23H25N3O3S/c1-14-8-9-16(12-15(14)2)24-23-26(17-10-11-17)22(28)20(30-23)13-21(27)25-18-6-4-5-7-19(18)29-3/h4-9,12,17,20H,10-11,13H2,1-3H3,(H,25,27). The lowest BCUT2D eigenvalue weighted by Gasteiger charge is -2.15. The Kier molecular flexibility index (Phi) is 5.81. The topological polar surface area (TPSA) is 71.0 Å². The molecule has 6 nitrogen and oxygen atoms in total. The number of anilines is 1. The fraction of sp³-hybridized carbons (Fsp3) is 0.348. The van der Waals surface area contributed by atoms with Crippen molar-refractivity contribution in [3.05, 3.63) is 53.6 Å². The fourth-order valence-electron chi connectivity index (χ4n) is 3.38. The highest BCUT2D eigenvalue weighted by Gasteiger charge is 2.46. The van der Waals surface area contributed by atoms with Crippen LogP contribution in [0.2, 0.25) is 0 Å². The zero-order valence-electron chi connectivity index (χ0n) is 17.3. The van der Waals surface area contributed by atoms with E-state index in [1.165, 1.54) is 17.3 Å².